The van der Waals surface area contributed by atoms with Gasteiger partial charge < -0.3 is 10.1 Å². The third-order valence-corrected chi connectivity index (χ3v) is 4.79. The van der Waals surface area contributed by atoms with Gasteiger partial charge in [-0.15, -0.1) is 5.10 Å². The van der Waals surface area contributed by atoms with Gasteiger partial charge in [0.05, 0.1) is 18.4 Å². The first-order chi connectivity index (χ1) is 13.0. The van der Waals surface area contributed by atoms with E-state index in [2.05, 4.69) is 20.2 Å². The van der Waals surface area contributed by atoms with Crippen LogP contribution in [0.5, 0.6) is 0 Å². The van der Waals surface area contributed by atoms with Crippen LogP contribution in [0.2, 0.25) is 5.02 Å². The van der Waals surface area contributed by atoms with E-state index in [1.807, 2.05) is 0 Å². The monoisotopic (exact) mass is 402 g/mol. The van der Waals surface area contributed by atoms with Crippen molar-refractivity contribution in [1.82, 2.24) is 9.59 Å². The van der Waals surface area contributed by atoms with Crippen LogP contribution < -0.4 is 10.6 Å². The van der Waals surface area contributed by atoms with Crippen LogP contribution in [0.3, 0.4) is 0 Å². The number of aryl methyl sites for hydroxylation is 1. The fourth-order valence-corrected chi connectivity index (χ4v) is 3.12. The number of benzene rings is 2. The molecule has 2 N–H and O–H groups in total. The zero-order valence-electron chi connectivity index (χ0n) is 14.4. The number of urea groups is 1. The van der Waals surface area contributed by atoms with E-state index in [1.165, 1.54) is 7.11 Å². The molecular weight excluding hydrogens is 388 g/mol. The quantitative estimate of drug-likeness (QED) is 0.622. The van der Waals surface area contributed by atoms with E-state index < -0.39 is 5.97 Å². The van der Waals surface area contributed by atoms with E-state index in [9.17, 15) is 9.59 Å². The number of rotatable bonds is 4. The largest absolute Gasteiger partial charge is 0.465 e. The molecule has 0 aliphatic carbocycles. The van der Waals surface area contributed by atoms with Crippen LogP contribution in [0.1, 0.15) is 16.1 Å². The van der Waals surface area contributed by atoms with Gasteiger partial charge in [0.25, 0.3) is 0 Å². The molecule has 2 aromatic carbocycles. The highest BCUT2D eigenvalue weighted by atomic mass is 35.5. The molecule has 0 radical (unpaired) electrons. The SMILES string of the molecule is COC(=O)c1ccc(Cl)c(-c2ccc(NC(=O)Nc3snnc3C)cc2)c1. The number of halogens is 1. The van der Waals surface area contributed by atoms with Crippen molar-refractivity contribution >= 4 is 45.8 Å². The third kappa shape index (κ3) is 4.42. The topological polar surface area (TPSA) is 93.2 Å². The summed E-state index contributed by atoms with van der Waals surface area (Å²) in [6.45, 7) is 1.76. The van der Waals surface area contributed by atoms with Crippen molar-refractivity contribution in [1.29, 1.82) is 0 Å². The van der Waals surface area contributed by atoms with Crippen LogP contribution in [0.4, 0.5) is 15.5 Å². The van der Waals surface area contributed by atoms with Gasteiger partial charge in [0.15, 0.2) is 0 Å². The van der Waals surface area contributed by atoms with E-state index >= 15 is 0 Å². The molecular formula is C18H15ClN4O3S. The minimum atomic E-state index is -0.435. The molecule has 0 unspecified atom stereocenters. The average molecular weight is 403 g/mol. The normalized spacial score (nSPS) is 10.3. The van der Waals surface area contributed by atoms with Crippen molar-refractivity contribution in [3.63, 3.8) is 0 Å². The Bertz CT molecular complexity index is 989. The molecule has 3 rings (SSSR count). The second-order valence-corrected chi connectivity index (χ2v) is 6.69. The van der Waals surface area contributed by atoms with Crippen molar-refractivity contribution in [2.24, 2.45) is 0 Å². The number of aromatic nitrogens is 2. The summed E-state index contributed by atoms with van der Waals surface area (Å²) in [5, 5.41) is 10.4. The van der Waals surface area contributed by atoms with Crippen molar-refractivity contribution in [3.05, 3.63) is 58.7 Å². The Labute approximate surface area is 164 Å². The second kappa shape index (κ2) is 8.15. The van der Waals surface area contributed by atoms with E-state index in [0.29, 0.717) is 32.5 Å². The van der Waals surface area contributed by atoms with E-state index in [-0.39, 0.29) is 6.03 Å². The zero-order valence-corrected chi connectivity index (χ0v) is 16.0. The van der Waals surface area contributed by atoms with Crippen LogP contribution >= 0.6 is 23.1 Å². The Morgan fingerprint density at radius 2 is 1.85 bits per heavy atom. The maximum absolute atomic E-state index is 12.1. The minimum absolute atomic E-state index is 0.386. The van der Waals surface area contributed by atoms with E-state index in [0.717, 1.165) is 17.1 Å². The smallest absolute Gasteiger partial charge is 0.337 e. The third-order valence-electron chi connectivity index (χ3n) is 3.72. The number of hydrogen-bond donors (Lipinski definition) is 2. The molecule has 0 saturated carbocycles. The van der Waals surface area contributed by atoms with Crippen LogP contribution in [0.25, 0.3) is 11.1 Å². The Morgan fingerprint density at radius 1 is 1.11 bits per heavy atom. The van der Waals surface area contributed by atoms with Crippen LogP contribution in [-0.2, 0) is 4.74 Å². The molecule has 0 aliphatic heterocycles. The van der Waals surface area contributed by atoms with Crippen LogP contribution in [-0.4, -0.2) is 28.7 Å². The molecule has 7 nitrogen and oxygen atoms in total. The minimum Gasteiger partial charge on any atom is -0.465 e. The Morgan fingerprint density at radius 3 is 2.48 bits per heavy atom. The molecule has 1 aromatic heterocycles. The first-order valence-electron chi connectivity index (χ1n) is 7.83. The van der Waals surface area contributed by atoms with Gasteiger partial charge in [-0.25, -0.2) is 9.59 Å². The zero-order chi connectivity index (χ0) is 19.4. The number of methoxy groups -OCH3 is 1. The molecule has 1 heterocycles. The first kappa shape index (κ1) is 18.8. The summed E-state index contributed by atoms with van der Waals surface area (Å²) in [7, 11) is 1.33. The highest BCUT2D eigenvalue weighted by Gasteiger charge is 2.11. The molecule has 0 aliphatic rings. The predicted octanol–water partition coefficient (Wildman–Crippen LogP) is 4.60. The molecule has 27 heavy (non-hydrogen) atoms. The Kier molecular flexibility index (Phi) is 5.68. The second-order valence-electron chi connectivity index (χ2n) is 5.53. The van der Waals surface area contributed by atoms with Gasteiger partial charge in [-0.3, -0.25) is 5.32 Å². The lowest BCUT2D eigenvalue weighted by atomic mass is 10.0. The number of hydrogen-bond acceptors (Lipinski definition) is 6. The summed E-state index contributed by atoms with van der Waals surface area (Å²) >= 11 is 7.36. The molecule has 138 valence electrons. The van der Waals surface area contributed by atoms with Gasteiger partial charge >= 0.3 is 12.0 Å². The summed E-state index contributed by atoms with van der Waals surface area (Å²) < 4.78 is 8.50. The molecule has 0 saturated heterocycles. The van der Waals surface area contributed by atoms with Gasteiger partial charge in [-0.2, -0.15) is 0 Å². The summed E-state index contributed by atoms with van der Waals surface area (Å²) in [4.78, 5) is 23.8. The standard InChI is InChI=1S/C18H15ClN4O3S/c1-10-16(27-23-22-10)21-18(25)20-13-6-3-11(4-7-13)14-9-12(17(24)26-2)5-8-15(14)19/h3-9H,1-2H3,(H2,20,21,25). The lowest BCUT2D eigenvalue weighted by Gasteiger charge is -2.09. The molecule has 9 heteroatoms. The molecule has 2 amide bonds. The van der Waals surface area contributed by atoms with Crippen molar-refractivity contribution in [3.8, 4) is 11.1 Å². The fourth-order valence-electron chi connectivity index (χ4n) is 2.34. The maximum Gasteiger partial charge on any atom is 0.337 e. The van der Waals surface area contributed by atoms with Crippen molar-refractivity contribution in [2.45, 2.75) is 6.92 Å². The lowest BCUT2D eigenvalue weighted by Crippen LogP contribution is -2.19. The van der Waals surface area contributed by atoms with Gasteiger partial charge in [-0.05, 0) is 42.8 Å². The number of amides is 2. The summed E-state index contributed by atoms with van der Waals surface area (Å²) in [5.74, 6) is -0.435. The number of nitrogens with zero attached hydrogens (tertiary/aromatic N) is 2. The highest BCUT2D eigenvalue weighted by molar-refractivity contribution is 7.10. The van der Waals surface area contributed by atoms with Crippen LogP contribution in [0.15, 0.2) is 42.5 Å². The molecule has 0 bridgehead atoms. The van der Waals surface area contributed by atoms with Gasteiger partial charge in [0, 0.05) is 27.8 Å². The lowest BCUT2D eigenvalue weighted by molar-refractivity contribution is 0.0601. The molecule has 0 spiro atoms. The van der Waals surface area contributed by atoms with Gasteiger partial charge in [0.2, 0.25) is 0 Å². The van der Waals surface area contributed by atoms with E-state index in [4.69, 9.17) is 16.3 Å². The van der Waals surface area contributed by atoms with Gasteiger partial charge in [0.1, 0.15) is 5.00 Å². The fraction of sp³-hybridized carbons (Fsp3) is 0.111. The Hall–Kier alpha value is -2.97. The number of nitrogens with one attached hydrogen (secondary N) is 2. The first-order valence-corrected chi connectivity index (χ1v) is 8.98. The highest BCUT2D eigenvalue weighted by Crippen LogP contribution is 2.30. The van der Waals surface area contributed by atoms with E-state index in [1.54, 1.807) is 49.4 Å². The summed E-state index contributed by atoms with van der Waals surface area (Å²) in [6, 6.07) is 11.6. The molecule has 3 aromatic rings. The van der Waals surface area contributed by atoms with Crippen molar-refractivity contribution in [2.75, 3.05) is 17.7 Å². The average Bonchev–Trinajstić information content (AvgIpc) is 3.06. The number of carbonyl (C=O) groups is 2. The number of anilines is 2. The number of esters is 1. The van der Waals surface area contributed by atoms with Crippen LogP contribution in [0, 0.1) is 6.92 Å². The molecule has 0 atom stereocenters. The van der Waals surface area contributed by atoms with Gasteiger partial charge in [-0.1, -0.05) is 28.2 Å². The Balaban J connectivity index is 1.74. The maximum atomic E-state index is 12.1. The number of ether oxygens (including phenoxy) is 1. The van der Waals surface area contributed by atoms with Crippen molar-refractivity contribution < 1.29 is 14.3 Å². The predicted molar refractivity (Wildman–Crippen MR) is 106 cm³/mol. The summed E-state index contributed by atoms with van der Waals surface area (Å²) in [6.07, 6.45) is 0. The number of carbonyl (C=O) groups excluding carboxylic acids is 2. The summed E-state index contributed by atoms with van der Waals surface area (Å²) in [5.41, 5.74) is 3.17. The molecule has 0 fully saturated rings.